The van der Waals surface area contributed by atoms with E-state index in [1.54, 1.807) is 6.07 Å². The Morgan fingerprint density at radius 3 is 2.60 bits per heavy atom. The van der Waals surface area contributed by atoms with Gasteiger partial charge in [0.05, 0.1) is 18.9 Å². The number of alkyl carbamates (subject to hydrolysis) is 1. The van der Waals surface area contributed by atoms with E-state index < -0.39 is 17.7 Å². The summed E-state index contributed by atoms with van der Waals surface area (Å²) in [7, 11) is 1.30. The van der Waals surface area contributed by atoms with Gasteiger partial charge in [-0.3, -0.25) is 0 Å². The molecular weight excluding hydrogens is 392 g/mol. The van der Waals surface area contributed by atoms with Gasteiger partial charge in [0.2, 0.25) is 0 Å². The van der Waals surface area contributed by atoms with E-state index >= 15 is 0 Å². The molecule has 6 nitrogen and oxygen atoms in total. The minimum atomic E-state index is -0.743. The van der Waals surface area contributed by atoms with Crippen LogP contribution in [0.4, 0.5) is 13.6 Å². The highest BCUT2D eigenvalue weighted by Crippen LogP contribution is 2.30. The Balaban J connectivity index is 1.59. The highest BCUT2D eigenvalue weighted by Gasteiger charge is 2.25. The number of halogens is 2. The molecule has 1 fully saturated rings. The van der Waals surface area contributed by atoms with Gasteiger partial charge in [-0.25, -0.2) is 18.3 Å². The molecule has 0 saturated heterocycles. The summed E-state index contributed by atoms with van der Waals surface area (Å²) in [6.45, 7) is 2.21. The first-order valence-electron chi connectivity index (χ1n) is 9.58. The number of aryl methyl sites for hydroxylation is 1. The van der Waals surface area contributed by atoms with Crippen LogP contribution in [-0.2, 0) is 11.3 Å². The molecule has 1 saturated carbocycles. The van der Waals surface area contributed by atoms with E-state index in [-0.39, 0.29) is 17.5 Å². The Kier molecular flexibility index (Phi) is 5.39. The van der Waals surface area contributed by atoms with Crippen molar-refractivity contribution < 1.29 is 23.0 Å². The fourth-order valence-electron chi connectivity index (χ4n) is 3.07. The van der Waals surface area contributed by atoms with E-state index in [0.717, 1.165) is 29.5 Å². The van der Waals surface area contributed by atoms with Crippen LogP contribution in [0, 0.1) is 18.6 Å². The standard InChI is InChI=1S/C22H21F2N3O3/c1-13-3-4-14(9-15(13)12-25-22(28)29-2)20-7-8-27(26-20)21-18(23)10-17(11-19(21)24)30-16-5-6-16/h3-4,7-11,16H,5-6,12H2,1-2H3,(H,25,28). The van der Waals surface area contributed by atoms with Crippen molar-refractivity contribution in [2.75, 3.05) is 7.11 Å². The Labute approximate surface area is 172 Å². The van der Waals surface area contributed by atoms with Crippen LogP contribution < -0.4 is 10.1 Å². The first-order chi connectivity index (χ1) is 14.4. The molecule has 0 unspecified atom stereocenters. The van der Waals surface area contributed by atoms with Crippen molar-refractivity contribution in [1.29, 1.82) is 0 Å². The summed E-state index contributed by atoms with van der Waals surface area (Å²) in [4.78, 5) is 11.3. The second kappa shape index (κ2) is 8.14. The van der Waals surface area contributed by atoms with E-state index in [4.69, 9.17) is 4.74 Å². The predicted molar refractivity (Wildman–Crippen MR) is 107 cm³/mol. The van der Waals surface area contributed by atoms with Crippen LogP contribution >= 0.6 is 0 Å². The summed E-state index contributed by atoms with van der Waals surface area (Å²) < 4.78 is 40.4. The molecule has 0 bridgehead atoms. The van der Waals surface area contributed by atoms with Gasteiger partial charge in [-0.15, -0.1) is 0 Å². The molecule has 1 amide bonds. The third-order valence-corrected chi connectivity index (χ3v) is 4.89. The van der Waals surface area contributed by atoms with Crippen molar-refractivity contribution in [1.82, 2.24) is 15.1 Å². The smallest absolute Gasteiger partial charge is 0.407 e. The summed E-state index contributed by atoms with van der Waals surface area (Å²) in [5, 5.41) is 6.98. The Morgan fingerprint density at radius 1 is 1.20 bits per heavy atom. The van der Waals surface area contributed by atoms with Crippen molar-refractivity contribution in [3.05, 3.63) is 65.4 Å². The van der Waals surface area contributed by atoms with Gasteiger partial charge in [0.15, 0.2) is 11.6 Å². The second-order valence-corrected chi connectivity index (χ2v) is 7.18. The number of hydrogen-bond acceptors (Lipinski definition) is 4. The van der Waals surface area contributed by atoms with Crippen LogP contribution in [0.3, 0.4) is 0 Å². The van der Waals surface area contributed by atoms with Gasteiger partial charge in [0, 0.05) is 30.4 Å². The fourth-order valence-corrected chi connectivity index (χ4v) is 3.07. The van der Waals surface area contributed by atoms with Gasteiger partial charge in [-0.2, -0.15) is 5.10 Å². The molecule has 0 spiro atoms. The molecule has 0 atom stereocenters. The average Bonchev–Trinajstić information content (AvgIpc) is 3.40. The Bertz CT molecular complexity index is 1070. The van der Waals surface area contributed by atoms with Gasteiger partial charge in [0.25, 0.3) is 0 Å². The van der Waals surface area contributed by atoms with E-state index in [1.807, 2.05) is 25.1 Å². The maximum atomic E-state index is 14.6. The van der Waals surface area contributed by atoms with Crippen molar-refractivity contribution in [3.8, 4) is 22.7 Å². The molecule has 1 heterocycles. The monoisotopic (exact) mass is 413 g/mol. The van der Waals surface area contributed by atoms with E-state index in [9.17, 15) is 13.6 Å². The molecule has 4 rings (SSSR count). The number of carbonyl (C=O) groups excluding carboxylic acids is 1. The molecule has 1 aromatic heterocycles. The Morgan fingerprint density at radius 2 is 1.93 bits per heavy atom. The molecule has 1 aliphatic carbocycles. The number of ether oxygens (including phenoxy) is 2. The number of aromatic nitrogens is 2. The van der Waals surface area contributed by atoms with Crippen LogP contribution in [0.25, 0.3) is 16.9 Å². The third kappa shape index (κ3) is 4.27. The normalized spacial score (nSPS) is 13.2. The minimum Gasteiger partial charge on any atom is -0.490 e. The molecule has 0 aliphatic heterocycles. The topological polar surface area (TPSA) is 65.4 Å². The van der Waals surface area contributed by atoms with E-state index in [2.05, 4.69) is 15.2 Å². The molecule has 3 aromatic rings. The molecule has 0 radical (unpaired) electrons. The maximum Gasteiger partial charge on any atom is 0.407 e. The van der Waals surface area contributed by atoms with Crippen molar-refractivity contribution in [3.63, 3.8) is 0 Å². The summed E-state index contributed by atoms with van der Waals surface area (Å²) in [6, 6.07) is 9.67. The van der Waals surface area contributed by atoms with E-state index in [1.165, 1.54) is 30.1 Å². The molecule has 1 aliphatic rings. The highest BCUT2D eigenvalue weighted by atomic mass is 19.1. The number of benzene rings is 2. The van der Waals surface area contributed by atoms with Gasteiger partial charge in [-0.05, 0) is 43.0 Å². The van der Waals surface area contributed by atoms with Crippen LogP contribution in [0.2, 0.25) is 0 Å². The van der Waals surface area contributed by atoms with Crippen molar-refractivity contribution >= 4 is 6.09 Å². The van der Waals surface area contributed by atoms with E-state index in [0.29, 0.717) is 12.2 Å². The molecule has 2 aromatic carbocycles. The predicted octanol–water partition coefficient (Wildman–Crippen LogP) is 4.52. The van der Waals surface area contributed by atoms with Gasteiger partial charge < -0.3 is 14.8 Å². The lowest BCUT2D eigenvalue weighted by Crippen LogP contribution is -2.22. The zero-order valence-electron chi connectivity index (χ0n) is 16.6. The lowest BCUT2D eigenvalue weighted by Gasteiger charge is -2.10. The number of amides is 1. The van der Waals surface area contributed by atoms with Crippen LogP contribution in [-0.4, -0.2) is 29.1 Å². The van der Waals surface area contributed by atoms with Crippen LogP contribution in [0.5, 0.6) is 5.75 Å². The Hall–Kier alpha value is -3.42. The average molecular weight is 413 g/mol. The van der Waals surface area contributed by atoms with Crippen molar-refractivity contribution in [2.45, 2.75) is 32.4 Å². The zero-order chi connectivity index (χ0) is 21.3. The second-order valence-electron chi connectivity index (χ2n) is 7.18. The first kappa shape index (κ1) is 19.9. The number of carbonyl (C=O) groups is 1. The molecule has 156 valence electrons. The SMILES string of the molecule is COC(=O)NCc1cc(-c2ccn(-c3c(F)cc(OC4CC4)cc3F)n2)ccc1C. The summed E-state index contributed by atoms with van der Waals surface area (Å²) in [5.41, 5.74) is 2.91. The quantitative estimate of drug-likeness (QED) is 0.645. The zero-order valence-corrected chi connectivity index (χ0v) is 16.6. The third-order valence-electron chi connectivity index (χ3n) is 4.89. The summed E-state index contributed by atoms with van der Waals surface area (Å²) >= 11 is 0. The van der Waals surface area contributed by atoms with Gasteiger partial charge in [0.1, 0.15) is 11.4 Å². The lowest BCUT2D eigenvalue weighted by atomic mass is 10.0. The molecule has 30 heavy (non-hydrogen) atoms. The lowest BCUT2D eigenvalue weighted by molar-refractivity contribution is 0.170. The number of methoxy groups -OCH3 is 1. The minimum absolute atomic E-state index is 0.0513. The largest absolute Gasteiger partial charge is 0.490 e. The van der Waals surface area contributed by atoms with Crippen LogP contribution in [0.1, 0.15) is 24.0 Å². The van der Waals surface area contributed by atoms with Crippen LogP contribution in [0.15, 0.2) is 42.6 Å². The number of nitrogens with zero attached hydrogens (tertiary/aromatic N) is 2. The van der Waals surface area contributed by atoms with Gasteiger partial charge in [-0.1, -0.05) is 12.1 Å². The maximum absolute atomic E-state index is 14.6. The fraction of sp³-hybridized carbons (Fsp3) is 0.273. The number of hydrogen-bond donors (Lipinski definition) is 1. The summed E-state index contributed by atoms with van der Waals surface area (Å²) in [5.74, 6) is -1.30. The number of nitrogens with one attached hydrogen (secondary N) is 1. The van der Waals surface area contributed by atoms with Crippen molar-refractivity contribution in [2.24, 2.45) is 0 Å². The summed E-state index contributed by atoms with van der Waals surface area (Å²) in [6.07, 6.45) is 2.84. The molecule has 1 N–H and O–H groups in total. The highest BCUT2D eigenvalue weighted by molar-refractivity contribution is 5.67. The number of rotatable bonds is 6. The van der Waals surface area contributed by atoms with Gasteiger partial charge >= 0.3 is 6.09 Å². The first-order valence-corrected chi connectivity index (χ1v) is 9.58. The molecular formula is C22H21F2N3O3. The molecule has 8 heteroatoms.